The van der Waals surface area contributed by atoms with Gasteiger partial charge < -0.3 is 14.4 Å². The second kappa shape index (κ2) is 9.45. The second-order valence-corrected chi connectivity index (χ2v) is 7.09. The van der Waals surface area contributed by atoms with Gasteiger partial charge in [0, 0.05) is 31.9 Å². The molecule has 0 spiro atoms. The van der Waals surface area contributed by atoms with E-state index in [1.165, 1.54) is 19.1 Å². The van der Waals surface area contributed by atoms with Crippen molar-refractivity contribution in [2.45, 2.75) is 19.5 Å². The molecule has 0 fully saturated rings. The van der Waals surface area contributed by atoms with E-state index in [-0.39, 0.29) is 13.1 Å². The SMILES string of the molecule is CN(Cc1cc2ccccc2n1CCC(=O)Oc1c(F)c(F)c(F)c(F)c1F)N(C)C(=O)O. The number of halogens is 5. The first-order chi connectivity index (χ1) is 15.5. The fourth-order valence-corrected chi connectivity index (χ4v) is 3.19. The van der Waals surface area contributed by atoms with Crippen LogP contribution in [0.4, 0.5) is 26.7 Å². The molecule has 0 radical (unpaired) electrons. The predicted molar refractivity (Wildman–Crippen MR) is 106 cm³/mol. The minimum Gasteiger partial charge on any atom is -0.464 e. The molecule has 1 N–H and O–H groups in total. The molecule has 0 bridgehead atoms. The van der Waals surface area contributed by atoms with E-state index < -0.39 is 53.3 Å². The van der Waals surface area contributed by atoms with Gasteiger partial charge in [0.25, 0.3) is 0 Å². The molecule has 3 aromatic rings. The molecule has 0 aliphatic rings. The van der Waals surface area contributed by atoms with E-state index in [9.17, 15) is 31.5 Å². The zero-order chi connectivity index (χ0) is 24.4. The third-order valence-electron chi connectivity index (χ3n) is 5.00. The fraction of sp³-hybridized carbons (Fsp3) is 0.238. The van der Waals surface area contributed by atoms with Gasteiger partial charge in [0.1, 0.15) is 0 Å². The molecule has 3 rings (SSSR count). The smallest absolute Gasteiger partial charge is 0.421 e. The number of hydrogen-bond donors (Lipinski definition) is 1. The van der Waals surface area contributed by atoms with Crippen LogP contribution in [0.1, 0.15) is 12.1 Å². The topological polar surface area (TPSA) is 75.0 Å². The minimum absolute atomic E-state index is 0.0678. The number of fused-ring (bicyclic) bond motifs is 1. The van der Waals surface area contributed by atoms with E-state index in [1.54, 1.807) is 34.9 Å². The molecular weight excluding hydrogens is 453 g/mol. The van der Waals surface area contributed by atoms with Gasteiger partial charge in [-0.25, -0.2) is 28.0 Å². The number of nitrogens with zero attached hydrogens (tertiary/aromatic N) is 3. The number of hydrazine groups is 1. The van der Waals surface area contributed by atoms with Gasteiger partial charge in [-0.1, -0.05) is 18.2 Å². The van der Waals surface area contributed by atoms with Gasteiger partial charge in [-0.05, 0) is 17.5 Å². The van der Waals surface area contributed by atoms with Crippen LogP contribution in [0.2, 0.25) is 0 Å². The van der Waals surface area contributed by atoms with Gasteiger partial charge in [-0.15, -0.1) is 0 Å². The molecule has 176 valence electrons. The summed E-state index contributed by atoms with van der Waals surface area (Å²) >= 11 is 0. The molecule has 7 nitrogen and oxygen atoms in total. The van der Waals surface area contributed by atoms with Crippen molar-refractivity contribution in [1.29, 1.82) is 0 Å². The van der Waals surface area contributed by atoms with E-state index in [1.807, 2.05) is 0 Å². The summed E-state index contributed by atoms with van der Waals surface area (Å²) in [6, 6.07) is 8.83. The summed E-state index contributed by atoms with van der Waals surface area (Å²) in [5.41, 5.74) is 1.29. The largest absolute Gasteiger partial charge is 0.464 e. The van der Waals surface area contributed by atoms with Gasteiger partial charge in [-0.2, -0.15) is 8.78 Å². The summed E-state index contributed by atoms with van der Waals surface area (Å²) in [6.45, 7) is 0.0614. The van der Waals surface area contributed by atoms with E-state index in [0.717, 1.165) is 10.4 Å². The second-order valence-electron chi connectivity index (χ2n) is 7.09. The van der Waals surface area contributed by atoms with Crippen molar-refractivity contribution in [1.82, 2.24) is 14.6 Å². The number of aromatic nitrogens is 1. The Morgan fingerprint density at radius 1 is 0.970 bits per heavy atom. The maximum Gasteiger partial charge on any atom is 0.421 e. The van der Waals surface area contributed by atoms with E-state index in [4.69, 9.17) is 5.11 Å². The Labute approximate surface area is 184 Å². The Bertz CT molecular complexity index is 1200. The highest BCUT2D eigenvalue weighted by Crippen LogP contribution is 2.29. The van der Waals surface area contributed by atoms with Crippen LogP contribution < -0.4 is 4.74 Å². The molecule has 0 unspecified atom stereocenters. The van der Waals surface area contributed by atoms with E-state index in [0.29, 0.717) is 11.2 Å². The first kappa shape index (κ1) is 24.0. The third-order valence-corrected chi connectivity index (χ3v) is 5.00. The molecule has 0 saturated heterocycles. The monoisotopic (exact) mass is 471 g/mol. The Hall–Kier alpha value is -3.67. The van der Waals surface area contributed by atoms with Gasteiger partial charge in [0.2, 0.25) is 34.8 Å². The Kier molecular flexibility index (Phi) is 6.86. The summed E-state index contributed by atoms with van der Waals surface area (Å²) in [5, 5.41) is 12.3. The number of carboxylic acid groups (broad SMARTS) is 1. The van der Waals surface area contributed by atoms with E-state index >= 15 is 0 Å². The van der Waals surface area contributed by atoms with Crippen LogP contribution in [0.15, 0.2) is 30.3 Å². The molecule has 33 heavy (non-hydrogen) atoms. The molecule has 1 amide bonds. The number of hydrogen-bond acceptors (Lipinski definition) is 4. The number of carbonyl (C=O) groups is 2. The average Bonchev–Trinajstić information content (AvgIpc) is 3.13. The van der Waals surface area contributed by atoms with Crippen LogP contribution in [0, 0.1) is 29.1 Å². The van der Waals surface area contributed by atoms with Crippen molar-refractivity contribution in [3.05, 3.63) is 65.1 Å². The Balaban J connectivity index is 1.83. The summed E-state index contributed by atoms with van der Waals surface area (Å²) < 4.78 is 73.5. The maximum absolute atomic E-state index is 13.8. The number of rotatable bonds is 7. The molecule has 1 aromatic heterocycles. The van der Waals surface area contributed by atoms with Crippen molar-refractivity contribution in [2.75, 3.05) is 14.1 Å². The first-order valence-electron chi connectivity index (χ1n) is 9.49. The lowest BCUT2D eigenvalue weighted by Crippen LogP contribution is -2.40. The summed E-state index contributed by atoms with van der Waals surface area (Å²) in [6.07, 6.45) is -1.66. The van der Waals surface area contributed by atoms with Gasteiger partial charge in [0.15, 0.2) is 0 Å². The van der Waals surface area contributed by atoms with Crippen LogP contribution in [0.25, 0.3) is 10.9 Å². The highest BCUT2D eigenvalue weighted by Gasteiger charge is 2.28. The lowest BCUT2D eigenvalue weighted by Gasteiger charge is -2.26. The zero-order valence-electron chi connectivity index (χ0n) is 17.4. The van der Waals surface area contributed by atoms with Crippen molar-refractivity contribution in [3.63, 3.8) is 0 Å². The fourth-order valence-electron chi connectivity index (χ4n) is 3.19. The molecule has 0 atom stereocenters. The predicted octanol–water partition coefficient (Wildman–Crippen LogP) is 4.29. The number of carbonyl (C=O) groups excluding carboxylic acids is 1. The number of esters is 1. The lowest BCUT2D eigenvalue weighted by molar-refractivity contribution is -0.135. The molecular formula is C21H18F5N3O4. The summed E-state index contributed by atoms with van der Waals surface area (Å²) in [4.78, 5) is 23.4. The highest BCUT2D eigenvalue weighted by molar-refractivity contribution is 5.81. The normalized spacial score (nSPS) is 11.3. The van der Waals surface area contributed by atoms with Crippen molar-refractivity contribution < 1.29 is 41.4 Å². The minimum atomic E-state index is -2.36. The van der Waals surface area contributed by atoms with E-state index in [2.05, 4.69) is 4.74 Å². The number of para-hydroxylation sites is 1. The summed E-state index contributed by atoms with van der Waals surface area (Å²) in [5.74, 6) is -14.2. The van der Waals surface area contributed by atoms with Gasteiger partial charge >= 0.3 is 12.1 Å². The zero-order valence-corrected chi connectivity index (χ0v) is 17.4. The standard InChI is InChI=1S/C21H18F5N3O4/c1-27(28(2)21(31)32)10-12-9-11-5-3-4-6-13(11)29(12)8-7-14(30)33-20-18(25)16(23)15(22)17(24)19(20)26/h3-6,9H,7-8,10H2,1-2H3,(H,31,32). The first-order valence-corrected chi connectivity index (χ1v) is 9.49. The highest BCUT2D eigenvalue weighted by atomic mass is 19.2. The Morgan fingerprint density at radius 3 is 2.15 bits per heavy atom. The number of amides is 1. The van der Waals surface area contributed by atoms with Crippen LogP contribution >= 0.6 is 0 Å². The Morgan fingerprint density at radius 2 is 1.55 bits per heavy atom. The van der Waals surface area contributed by atoms with Crippen LogP contribution in [0.3, 0.4) is 0 Å². The third kappa shape index (κ3) is 4.75. The molecule has 12 heteroatoms. The van der Waals surface area contributed by atoms with Gasteiger partial charge in [-0.3, -0.25) is 4.79 Å². The van der Waals surface area contributed by atoms with Gasteiger partial charge in [0.05, 0.1) is 13.0 Å². The average molecular weight is 471 g/mol. The quantitative estimate of drug-likeness (QED) is 0.139. The maximum atomic E-state index is 13.8. The number of ether oxygens (including phenoxy) is 1. The number of aryl methyl sites for hydroxylation is 1. The summed E-state index contributed by atoms with van der Waals surface area (Å²) in [7, 11) is 2.88. The van der Waals surface area contributed by atoms with Crippen LogP contribution in [-0.2, 0) is 17.9 Å². The van der Waals surface area contributed by atoms with Crippen molar-refractivity contribution in [3.8, 4) is 5.75 Å². The molecule has 0 aliphatic heterocycles. The van der Waals surface area contributed by atoms with Crippen molar-refractivity contribution in [2.24, 2.45) is 0 Å². The van der Waals surface area contributed by atoms with Crippen molar-refractivity contribution >= 4 is 23.0 Å². The van der Waals surface area contributed by atoms with Crippen LogP contribution in [0.5, 0.6) is 5.75 Å². The molecule has 0 saturated carbocycles. The molecule has 0 aliphatic carbocycles. The lowest BCUT2D eigenvalue weighted by atomic mass is 10.2. The van der Waals surface area contributed by atoms with Crippen LogP contribution in [-0.4, -0.2) is 45.8 Å². The molecule has 1 heterocycles. The number of benzene rings is 2. The molecule has 2 aromatic carbocycles.